The Balaban J connectivity index is 1.05. The van der Waals surface area contributed by atoms with Crippen molar-refractivity contribution in [3.05, 3.63) is 174 Å². The number of anilines is 1. The molecule has 0 unspecified atom stereocenters. The Morgan fingerprint density at radius 1 is 0.760 bits per heavy atom. The molecule has 1 aliphatic carbocycles. The van der Waals surface area contributed by atoms with E-state index >= 15 is 0 Å². The smallest absolute Gasteiger partial charge is 0.303 e. The average Bonchev–Trinajstić information content (AvgIpc) is 4.02. The Morgan fingerprint density at radius 2 is 1.37 bits per heavy atom. The highest BCUT2D eigenvalue weighted by Crippen LogP contribution is 2.49. The number of aliphatic hydroxyl groups excluding tert-OH is 1. The first-order valence-electron chi connectivity index (χ1n) is 24.4. The van der Waals surface area contributed by atoms with Crippen LogP contribution in [-0.2, 0) is 43.7 Å². The quantitative estimate of drug-likeness (QED) is 0.0287. The number of hydrogen-bond acceptors (Lipinski definition) is 16. The molecule has 17 heteroatoms. The van der Waals surface area contributed by atoms with Crippen LogP contribution < -0.4 is 19.5 Å². The Morgan fingerprint density at radius 3 is 2.03 bits per heavy atom. The summed E-state index contributed by atoms with van der Waals surface area (Å²) in [5, 5.41) is 18.7. The molecular formula is C58H55N5O12. The van der Waals surface area contributed by atoms with Gasteiger partial charge in [-0.15, -0.1) is 0 Å². The van der Waals surface area contributed by atoms with Gasteiger partial charge >= 0.3 is 17.9 Å². The second-order valence-electron chi connectivity index (χ2n) is 18.3. The van der Waals surface area contributed by atoms with Crippen LogP contribution in [0.15, 0.2) is 146 Å². The molecule has 6 aromatic carbocycles. The van der Waals surface area contributed by atoms with E-state index in [1.165, 1.54) is 20.8 Å². The third kappa shape index (κ3) is 9.68. The van der Waals surface area contributed by atoms with Crippen LogP contribution in [0.2, 0.25) is 0 Å². The van der Waals surface area contributed by atoms with Gasteiger partial charge in [0.05, 0.1) is 39.3 Å². The Bertz CT molecular complexity index is 3360. The van der Waals surface area contributed by atoms with Crippen LogP contribution in [0.3, 0.4) is 0 Å². The van der Waals surface area contributed by atoms with E-state index in [-0.39, 0.29) is 42.6 Å². The van der Waals surface area contributed by atoms with Gasteiger partial charge in [0.25, 0.3) is 0 Å². The molecule has 1 saturated heterocycles. The lowest BCUT2D eigenvalue weighted by Gasteiger charge is -2.42. The third-order valence-electron chi connectivity index (χ3n) is 13.6. The van der Waals surface area contributed by atoms with Gasteiger partial charge in [-0.3, -0.25) is 19.0 Å². The number of esters is 3. The van der Waals surface area contributed by atoms with Crippen molar-refractivity contribution in [1.29, 1.82) is 0 Å². The number of methoxy groups -OCH3 is 2. The lowest BCUT2D eigenvalue weighted by Crippen LogP contribution is -2.50. The Hall–Kier alpha value is -8.38. The molecule has 7 atom stereocenters. The van der Waals surface area contributed by atoms with Gasteiger partial charge in [-0.2, -0.15) is 9.97 Å². The van der Waals surface area contributed by atoms with Gasteiger partial charge in [-0.1, -0.05) is 116 Å². The van der Waals surface area contributed by atoms with Gasteiger partial charge in [0.1, 0.15) is 36.0 Å². The molecule has 2 aromatic heterocycles. The molecule has 8 aromatic rings. The molecule has 0 spiro atoms. The van der Waals surface area contributed by atoms with Crippen molar-refractivity contribution in [3.8, 4) is 17.4 Å². The molecule has 2 N–H and O–H groups in total. The van der Waals surface area contributed by atoms with Crippen molar-refractivity contribution in [2.45, 2.75) is 75.6 Å². The number of nitrogens with zero attached hydrogens (tertiary/aromatic N) is 4. The summed E-state index contributed by atoms with van der Waals surface area (Å²) in [6.07, 6.45) is -3.21. The van der Waals surface area contributed by atoms with E-state index in [4.69, 9.17) is 52.8 Å². The zero-order valence-electron chi connectivity index (χ0n) is 41.9. The van der Waals surface area contributed by atoms with Crippen LogP contribution in [-0.4, -0.2) is 94.4 Å². The summed E-state index contributed by atoms with van der Waals surface area (Å²) in [6.45, 7) is 7.57. The van der Waals surface area contributed by atoms with Crippen molar-refractivity contribution in [2.24, 2.45) is 0 Å². The molecule has 2 aliphatic rings. The number of carbonyl (C=O) groups excluding carboxylic acids is 3. The van der Waals surface area contributed by atoms with Gasteiger partial charge < -0.3 is 48.3 Å². The molecule has 17 nitrogen and oxygen atoms in total. The van der Waals surface area contributed by atoms with Crippen molar-refractivity contribution in [1.82, 2.24) is 19.5 Å². The largest absolute Gasteiger partial charge is 0.497 e. The zero-order valence-corrected chi connectivity index (χ0v) is 41.9. The molecule has 3 heterocycles. The van der Waals surface area contributed by atoms with Crippen LogP contribution in [0.1, 0.15) is 73.4 Å². The van der Waals surface area contributed by atoms with Crippen molar-refractivity contribution >= 4 is 56.6 Å². The normalized spacial score (nSPS) is 20.3. The summed E-state index contributed by atoms with van der Waals surface area (Å²) in [6, 6.07) is 39.7. The van der Waals surface area contributed by atoms with E-state index in [9.17, 15) is 19.5 Å². The van der Waals surface area contributed by atoms with E-state index in [0.717, 1.165) is 38.2 Å². The predicted octanol–water partition coefficient (Wildman–Crippen LogP) is 9.01. The van der Waals surface area contributed by atoms with Gasteiger partial charge in [0.15, 0.2) is 29.5 Å². The van der Waals surface area contributed by atoms with Crippen LogP contribution >= 0.6 is 0 Å². The summed E-state index contributed by atoms with van der Waals surface area (Å²) in [7, 11) is 3.23. The number of aliphatic hydroxyl groups is 1. The summed E-state index contributed by atoms with van der Waals surface area (Å²) >= 11 is 0. The Kier molecular flexibility index (Phi) is 14.2. The molecule has 384 valence electrons. The van der Waals surface area contributed by atoms with Gasteiger partial charge in [0.2, 0.25) is 11.8 Å². The first kappa shape index (κ1) is 50.2. The zero-order chi connectivity index (χ0) is 52.4. The fourth-order valence-corrected chi connectivity index (χ4v) is 10.4. The molecule has 10 rings (SSSR count). The highest BCUT2D eigenvalue weighted by molar-refractivity contribution is 6.10. The number of carbonyl (C=O) groups is 3. The van der Waals surface area contributed by atoms with Crippen molar-refractivity contribution in [2.75, 3.05) is 32.8 Å². The SMILES string of the molecule is C=CCOc1nc(N[C@@H]2c3c(ccc4ccc5ccccc5c34)[C@@H](OC(C)=O)[C@H](OC(C)=O)[C@@H]2OC(C)=O)nc2c1ncn2[C@H]1C[C@H](O)[C@@H](COC(c2ccccc2)(c2ccc(OC)cc2)c2ccc(OC)cc2)O1. The lowest BCUT2D eigenvalue weighted by atomic mass is 9.77. The second kappa shape index (κ2) is 21.2. The second-order valence-corrected chi connectivity index (χ2v) is 18.3. The summed E-state index contributed by atoms with van der Waals surface area (Å²) in [4.78, 5) is 53.5. The van der Waals surface area contributed by atoms with Gasteiger partial charge in [-0.05, 0) is 68.1 Å². The highest BCUT2D eigenvalue weighted by atomic mass is 16.6. The maximum absolute atomic E-state index is 13.2. The third-order valence-corrected chi connectivity index (χ3v) is 13.6. The summed E-state index contributed by atoms with van der Waals surface area (Å²) in [5.74, 6) is -0.579. The van der Waals surface area contributed by atoms with E-state index in [1.807, 2.05) is 127 Å². The number of fused-ring (bicyclic) bond motifs is 6. The number of hydrogen-bond donors (Lipinski definition) is 2. The van der Waals surface area contributed by atoms with Crippen LogP contribution in [0.25, 0.3) is 32.7 Å². The van der Waals surface area contributed by atoms with E-state index in [0.29, 0.717) is 22.6 Å². The summed E-state index contributed by atoms with van der Waals surface area (Å²) < 4.78 is 50.8. The van der Waals surface area contributed by atoms with Gasteiger partial charge in [0, 0.05) is 32.8 Å². The molecule has 1 fully saturated rings. The molecule has 75 heavy (non-hydrogen) atoms. The number of benzene rings is 6. The summed E-state index contributed by atoms with van der Waals surface area (Å²) in [5.41, 5.74) is 2.95. The maximum Gasteiger partial charge on any atom is 0.303 e. The predicted molar refractivity (Wildman–Crippen MR) is 277 cm³/mol. The van der Waals surface area contributed by atoms with E-state index in [1.54, 1.807) is 31.2 Å². The molecule has 0 amide bonds. The first-order chi connectivity index (χ1) is 36.4. The number of imidazole rings is 1. The topological polar surface area (TPSA) is 201 Å². The van der Waals surface area contributed by atoms with Crippen molar-refractivity contribution < 1.29 is 57.4 Å². The molecular weight excluding hydrogens is 959 g/mol. The highest BCUT2D eigenvalue weighted by Gasteiger charge is 2.50. The minimum absolute atomic E-state index is 0.00576. The first-order valence-corrected chi connectivity index (χ1v) is 24.4. The number of nitrogens with one attached hydrogen (secondary N) is 1. The van der Waals surface area contributed by atoms with Crippen LogP contribution in [0.5, 0.6) is 17.4 Å². The number of rotatable bonds is 17. The van der Waals surface area contributed by atoms with E-state index < -0.39 is 66.3 Å². The number of ether oxygens (including phenoxy) is 8. The minimum Gasteiger partial charge on any atom is -0.497 e. The Labute approximate surface area is 431 Å². The standard InChI is InChI=1S/C58H55N5O12/c1-7-29-70-56-51-55(61-57(62-56)60-50-49-44(28-19-37-18-17-36-13-11-12-16-43(36)48(37)49)52(72-33(2)64)54(74-35(4)66)53(50)73-34(3)65)63(32-59-51)47-30-45(67)46(75-47)31-71-58(38-14-9-8-10-15-38,39-20-24-41(68-5)25-21-39)40-22-26-42(69-6)27-23-40/h7-28,32,45-47,50,52-54,67H,1,29-31H2,2-6H3,(H,60,61,62)/t45-,46+,47+,50+,52+,53+,54-/m0/s1. The maximum atomic E-state index is 13.2. The monoisotopic (exact) mass is 1010 g/mol. The minimum atomic E-state index is -1.32. The lowest BCUT2D eigenvalue weighted by molar-refractivity contribution is -0.187. The average molecular weight is 1010 g/mol. The molecule has 1 aliphatic heterocycles. The van der Waals surface area contributed by atoms with Crippen molar-refractivity contribution in [3.63, 3.8) is 0 Å². The number of aromatic nitrogens is 4. The van der Waals surface area contributed by atoms with Crippen LogP contribution in [0.4, 0.5) is 5.95 Å². The van der Waals surface area contributed by atoms with Crippen LogP contribution in [0, 0.1) is 0 Å². The fourth-order valence-electron chi connectivity index (χ4n) is 10.4. The van der Waals surface area contributed by atoms with Gasteiger partial charge in [-0.25, -0.2) is 4.98 Å². The molecule has 0 radical (unpaired) electrons. The fraction of sp³-hybridized carbons (Fsp3) is 0.276. The van der Waals surface area contributed by atoms with E-state index in [2.05, 4.69) is 11.9 Å². The molecule has 0 saturated carbocycles. The molecule has 0 bridgehead atoms.